The maximum Gasteiger partial charge on any atom is 0.155 e. The SMILES string of the molecule is CCOC.CNCC(C)=O.COCC(C)=O. The van der Waals surface area contributed by atoms with Crippen LogP contribution in [-0.2, 0) is 19.1 Å². The van der Waals surface area contributed by atoms with Gasteiger partial charge in [0.25, 0.3) is 0 Å². The number of rotatable bonds is 5. The average molecular weight is 235 g/mol. The Morgan fingerprint density at radius 3 is 1.50 bits per heavy atom. The van der Waals surface area contributed by atoms with Gasteiger partial charge in [0.1, 0.15) is 12.4 Å². The number of hydrogen-bond acceptors (Lipinski definition) is 5. The van der Waals surface area contributed by atoms with E-state index in [0.29, 0.717) is 6.54 Å². The summed E-state index contributed by atoms with van der Waals surface area (Å²) in [5.41, 5.74) is 0. The molecule has 0 aliphatic carbocycles. The molecule has 0 unspecified atom stereocenters. The number of methoxy groups -OCH3 is 2. The van der Waals surface area contributed by atoms with E-state index in [1.165, 1.54) is 14.0 Å². The maximum absolute atomic E-state index is 9.98. The molecule has 0 radical (unpaired) electrons. The summed E-state index contributed by atoms with van der Waals surface area (Å²) in [6.45, 7) is 6.54. The zero-order chi connectivity index (χ0) is 13.4. The van der Waals surface area contributed by atoms with Crippen LogP contribution in [-0.4, -0.2) is 52.6 Å². The first-order valence-electron chi connectivity index (χ1n) is 5.07. The van der Waals surface area contributed by atoms with E-state index < -0.39 is 0 Å². The number of carbonyl (C=O) groups excluding carboxylic acids is 2. The Morgan fingerprint density at radius 2 is 1.50 bits per heavy atom. The fourth-order valence-corrected chi connectivity index (χ4v) is 0.452. The van der Waals surface area contributed by atoms with E-state index in [4.69, 9.17) is 0 Å². The summed E-state index contributed by atoms with van der Waals surface area (Å²) in [4.78, 5) is 19.9. The van der Waals surface area contributed by atoms with Gasteiger partial charge in [-0.25, -0.2) is 0 Å². The zero-order valence-electron chi connectivity index (χ0n) is 11.3. The first-order valence-corrected chi connectivity index (χ1v) is 5.07. The van der Waals surface area contributed by atoms with E-state index in [0.717, 1.165) is 6.61 Å². The van der Waals surface area contributed by atoms with Gasteiger partial charge in [-0.3, -0.25) is 9.59 Å². The summed E-state index contributed by atoms with van der Waals surface area (Å²) in [5, 5.41) is 2.72. The van der Waals surface area contributed by atoms with Crippen LogP contribution < -0.4 is 5.32 Å². The molecule has 0 aromatic rings. The molecule has 0 saturated heterocycles. The molecule has 0 amide bonds. The third-order valence-electron chi connectivity index (χ3n) is 1.06. The van der Waals surface area contributed by atoms with E-state index >= 15 is 0 Å². The number of nitrogens with one attached hydrogen (secondary N) is 1. The van der Waals surface area contributed by atoms with Crippen LogP contribution in [0.3, 0.4) is 0 Å². The van der Waals surface area contributed by atoms with Crippen LogP contribution in [0.15, 0.2) is 0 Å². The average Bonchev–Trinajstić information content (AvgIpc) is 2.18. The summed E-state index contributed by atoms with van der Waals surface area (Å²) in [5.74, 6) is 0.245. The second-order valence-electron chi connectivity index (χ2n) is 2.94. The van der Waals surface area contributed by atoms with Gasteiger partial charge in [-0.05, 0) is 27.8 Å². The smallest absolute Gasteiger partial charge is 0.155 e. The number of hydrogen-bond donors (Lipinski definition) is 1. The van der Waals surface area contributed by atoms with Crippen molar-refractivity contribution in [1.29, 1.82) is 0 Å². The Hall–Kier alpha value is -0.780. The number of ether oxygens (including phenoxy) is 2. The van der Waals surface area contributed by atoms with Gasteiger partial charge in [-0.2, -0.15) is 0 Å². The van der Waals surface area contributed by atoms with Crippen molar-refractivity contribution in [1.82, 2.24) is 5.32 Å². The molecule has 0 atom stereocenters. The summed E-state index contributed by atoms with van der Waals surface area (Å²) in [7, 11) is 4.93. The van der Waals surface area contributed by atoms with Crippen molar-refractivity contribution in [2.24, 2.45) is 0 Å². The normalized spacial score (nSPS) is 8.12. The molecule has 0 spiro atoms. The predicted molar refractivity (Wildman–Crippen MR) is 64.7 cm³/mol. The lowest BCUT2D eigenvalue weighted by molar-refractivity contribution is -0.120. The summed E-state index contributed by atoms with van der Waals surface area (Å²) in [6.07, 6.45) is 0. The third kappa shape index (κ3) is 51.0. The lowest BCUT2D eigenvalue weighted by Crippen LogP contribution is -2.14. The Bertz CT molecular complexity index is 142. The Kier molecular flexibility index (Phi) is 25.4. The predicted octanol–water partition coefficient (Wildman–Crippen LogP) is 0.669. The van der Waals surface area contributed by atoms with Crippen LogP contribution in [0.4, 0.5) is 0 Å². The Morgan fingerprint density at radius 1 is 1.06 bits per heavy atom. The number of Topliss-reactive ketones (excluding diaryl/α,β-unsaturated/α-hetero) is 2. The molecule has 0 aromatic carbocycles. The topological polar surface area (TPSA) is 64.6 Å². The molecule has 0 fully saturated rings. The molecule has 0 heterocycles. The summed E-state index contributed by atoms with van der Waals surface area (Å²) >= 11 is 0. The van der Waals surface area contributed by atoms with Crippen molar-refractivity contribution in [2.45, 2.75) is 20.8 Å². The van der Waals surface area contributed by atoms with Crippen LogP contribution in [0.25, 0.3) is 0 Å². The highest BCUT2D eigenvalue weighted by atomic mass is 16.5. The van der Waals surface area contributed by atoms with Gasteiger partial charge >= 0.3 is 0 Å². The van der Waals surface area contributed by atoms with Crippen molar-refractivity contribution < 1.29 is 19.1 Å². The molecule has 1 N–H and O–H groups in total. The highest BCUT2D eigenvalue weighted by Gasteiger charge is 1.83. The standard InChI is InChI=1S/C4H9NO.C4H8O2.C3H8O/c1-4(6)3-5-2;1-4(5)3-6-2;1-3-4-2/h5H,3H2,1-2H3;3H2,1-2H3;3H2,1-2H3. The molecule has 0 aliphatic rings. The van der Waals surface area contributed by atoms with Gasteiger partial charge in [-0.15, -0.1) is 0 Å². The van der Waals surface area contributed by atoms with Crippen LogP contribution >= 0.6 is 0 Å². The quantitative estimate of drug-likeness (QED) is 0.758. The molecule has 0 aliphatic heterocycles. The molecule has 0 rings (SSSR count). The Balaban J connectivity index is -0.000000162. The summed E-state index contributed by atoms with van der Waals surface area (Å²) in [6, 6.07) is 0. The van der Waals surface area contributed by atoms with Crippen LogP contribution in [0.2, 0.25) is 0 Å². The van der Waals surface area contributed by atoms with Crippen LogP contribution in [0.1, 0.15) is 20.8 Å². The van der Waals surface area contributed by atoms with E-state index in [1.807, 2.05) is 6.92 Å². The Labute approximate surface area is 98.5 Å². The van der Waals surface area contributed by atoms with Gasteiger partial charge in [-0.1, -0.05) is 0 Å². The van der Waals surface area contributed by atoms with Crippen LogP contribution in [0.5, 0.6) is 0 Å². The van der Waals surface area contributed by atoms with Crippen molar-refractivity contribution >= 4 is 11.6 Å². The van der Waals surface area contributed by atoms with E-state index in [9.17, 15) is 9.59 Å². The van der Waals surface area contributed by atoms with Gasteiger partial charge in [0.2, 0.25) is 0 Å². The molecule has 98 valence electrons. The molecule has 5 heteroatoms. The highest BCUT2D eigenvalue weighted by Crippen LogP contribution is 1.66. The van der Waals surface area contributed by atoms with Crippen molar-refractivity contribution in [3.8, 4) is 0 Å². The van der Waals surface area contributed by atoms with E-state index in [1.54, 1.807) is 21.1 Å². The lowest BCUT2D eigenvalue weighted by atomic mass is 10.5. The van der Waals surface area contributed by atoms with Crippen molar-refractivity contribution in [2.75, 3.05) is 41.0 Å². The largest absolute Gasteiger partial charge is 0.385 e. The van der Waals surface area contributed by atoms with Gasteiger partial charge in [0.05, 0.1) is 6.54 Å². The monoisotopic (exact) mass is 235 g/mol. The number of carbonyl (C=O) groups is 2. The van der Waals surface area contributed by atoms with Gasteiger partial charge in [0.15, 0.2) is 5.78 Å². The summed E-state index contributed by atoms with van der Waals surface area (Å²) < 4.78 is 9.00. The first-order chi connectivity index (χ1) is 7.45. The van der Waals surface area contributed by atoms with E-state index in [-0.39, 0.29) is 18.2 Å². The zero-order valence-corrected chi connectivity index (χ0v) is 11.3. The van der Waals surface area contributed by atoms with Crippen molar-refractivity contribution in [3.05, 3.63) is 0 Å². The maximum atomic E-state index is 9.98. The minimum atomic E-state index is 0.0671. The molecule has 0 aromatic heterocycles. The fourth-order valence-electron chi connectivity index (χ4n) is 0.452. The second-order valence-corrected chi connectivity index (χ2v) is 2.94. The van der Waals surface area contributed by atoms with Gasteiger partial charge < -0.3 is 14.8 Å². The lowest BCUT2D eigenvalue weighted by Gasteiger charge is -1.85. The second kappa shape index (κ2) is 19.7. The highest BCUT2D eigenvalue weighted by molar-refractivity contribution is 5.77. The molecule has 5 nitrogen and oxygen atoms in total. The third-order valence-corrected chi connectivity index (χ3v) is 1.06. The number of likely N-dealkylation sites (N-methyl/N-ethyl adjacent to an activating group) is 1. The molecular formula is C11H25NO4. The fraction of sp³-hybridized carbons (Fsp3) is 0.818. The first kappa shape index (κ1) is 20.6. The minimum absolute atomic E-state index is 0.0671. The molecule has 0 saturated carbocycles. The van der Waals surface area contributed by atoms with Gasteiger partial charge in [0, 0.05) is 20.8 Å². The molecular weight excluding hydrogens is 210 g/mol. The minimum Gasteiger partial charge on any atom is -0.385 e. The molecule has 16 heavy (non-hydrogen) atoms. The van der Waals surface area contributed by atoms with E-state index in [2.05, 4.69) is 14.8 Å². The van der Waals surface area contributed by atoms with Crippen molar-refractivity contribution in [3.63, 3.8) is 0 Å². The van der Waals surface area contributed by atoms with Crippen LogP contribution in [0, 0.1) is 0 Å². The number of ketones is 2. The molecule has 0 bridgehead atoms.